The average molecular weight is 222 g/mol. The van der Waals surface area contributed by atoms with Gasteiger partial charge in [0, 0.05) is 10.8 Å². The molecule has 0 saturated heterocycles. The lowest BCUT2D eigenvalue weighted by Crippen LogP contribution is -2.27. The Morgan fingerprint density at radius 3 is 2.87 bits per heavy atom. The highest BCUT2D eigenvalue weighted by molar-refractivity contribution is 7.15. The van der Waals surface area contributed by atoms with Crippen molar-refractivity contribution in [2.75, 3.05) is 5.32 Å². The minimum absolute atomic E-state index is 0.175. The third kappa shape index (κ3) is 1.67. The fraction of sp³-hybridized carbons (Fsp3) is 0.636. The molecule has 1 heterocycles. The van der Waals surface area contributed by atoms with Gasteiger partial charge in [-0.3, -0.25) is 4.79 Å². The minimum atomic E-state index is 0.175. The van der Waals surface area contributed by atoms with Crippen LogP contribution in [0.25, 0.3) is 0 Å². The Balaban J connectivity index is 1.68. The number of nitrogens with one attached hydrogen (secondary N) is 1. The van der Waals surface area contributed by atoms with E-state index in [-0.39, 0.29) is 11.8 Å². The smallest absolute Gasteiger partial charge is 0.229 e. The van der Waals surface area contributed by atoms with E-state index in [1.54, 1.807) is 11.3 Å². The number of amides is 1. The number of fused-ring (bicyclic) bond motifs is 1. The summed E-state index contributed by atoms with van der Waals surface area (Å²) in [5.74, 6) is 0.428. The average Bonchev–Trinajstić information content (AvgIpc) is 2.58. The summed E-state index contributed by atoms with van der Waals surface area (Å²) >= 11 is 1.66. The Morgan fingerprint density at radius 1 is 1.33 bits per heavy atom. The number of nitrogens with zero attached hydrogens (tertiary/aromatic N) is 1. The molecule has 1 aromatic rings. The van der Waals surface area contributed by atoms with Crippen LogP contribution in [0.1, 0.15) is 36.3 Å². The summed E-state index contributed by atoms with van der Waals surface area (Å²) in [5.41, 5.74) is 1.21. The molecule has 3 rings (SSSR count). The molecule has 0 aliphatic heterocycles. The third-order valence-corrected chi connectivity index (χ3v) is 4.37. The lowest BCUT2D eigenvalue weighted by atomic mass is 9.85. The molecule has 2 aliphatic rings. The van der Waals surface area contributed by atoms with Crippen molar-refractivity contribution in [1.82, 2.24) is 4.98 Å². The van der Waals surface area contributed by atoms with Gasteiger partial charge in [-0.1, -0.05) is 6.42 Å². The predicted molar refractivity (Wildman–Crippen MR) is 60.1 cm³/mol. The zero-order valence-electron chi connectivity index (χ0n) is 8.58. The molecule has 0 bridgehead atoms. The van der Waals surface area contributed by atoms with E-state index in [2.05, 4.69) is 10.3 Å². The highest BCUT2D eigenvalue weighted by Gasteiger charge is 2.26. The molecule has 80 valence electrons. The first kappa shape index (κ1) is 9.33. The molecule has 0 unspecified atom stereocenters. The molecule has 0 aromatic carbocycles. The van der Waals surface area contributed by atoms with Crippen LogP contribution in [0.2, 0.25) is 0 Å². The van der Waals surface area contributed by atoms with Crippen LogP contribution in [0.5, 0.6) is 0 Å². The lowest BCUT2D eigenvalue weighted by molar-refractivity contribution is -0.122. The Kier molecular flexibility index (Phi) is 2.24. The van der Waals surface area contributed by atoms with Gasteiger partial charge in [-0.25, -0.2) is 4.98 Å². The summed E-state index contributed by atoms with van der Waals surface area (Å²) in [4.78, 5) is 17.5. The van der Waals surface area contributed by atoms with Gasteiger partial charge in [0.1, 0.15) is 0 Å². The first-order valence-electron chi connectivity index (χ1n) is 5.62. The topological polar surface area (TPSA) is 42.0 Å². The summed E-state index contributed by atoms with van der Waals surface area (Å²) in [6.07, 6.45) is 6.77. The van der Waals surface area contributed by atoms with E-state index in [1.165, 1.54) is 23.4 Å². The normalized spacial score (nSPS) is 19.7. The molecular weight excluding hydrogens is 208 g/mol. The summed E-state index contributed by atoms with van der Waals surface area (Å²) in [7, 11) is 0. The molecule has 0 radical (unpaired) electrons. The van der Waals surface area contributed by atoms with Crippen LogP contribution in [0.3, 0.4) is 0 Å². The molecule has 1 fully saturated rings. The predicted octanol–water partition coefficient (Wildman–Crippen LogP) is 2.37. The SMILES string of the molecule is O=C(Nc1nc2c(s1)CCC2)C1CCC1. The molecular formula is C11H14N2OS. The molecule has 0 atom stereocenters. The van der Waals surface area contributed by atoms with Crippen LogP contribution in [0, 0.1) is 5.92 Å². The Bertz CT molecular complexity index is 374. The standard InChI is InChI=1S/C11H14N2OS/c14-10(7-3-1-4-7)13-11-12-8-5-2-6-9(8)15-11/h7H,1-6H2,(H,12,13,14). The van der Waals surface area contributed by atoms with Gasteiger partial charge in [0.25, 0.3) is 0 Å². The van der Waals surface area contributed by atoms with Gasteiger partial charge in [-0.05, 0) is 32.1 Å². The second kappa shape index (κ2) is 3.59. The number of carbonyl (C=O) groups excluding carboxylic acids is 1. The highest BCUT2D eigenvalue weighted by Crippen LogP contribution is 2.32. The van der Waals surface area contributed by atoms with Crippen LogP contribution in [0.15, 0.2) is 0 Å². The molecule has 4 heteroatoms. The van der Waals surface area contributed by atoms with Crippen LogP contribution in [0.4, 0.5) is 5.13 Å². The zero-order valence-corrected chi connectivity index (χ0v) is 9.40. The van der Waals surface area contributed by atoms with Crippen LogP contribution in [-0.2, 0) is 17.6 Å². The number of anilines is 1. The Labute approximate surface area is 92.9 Å². The van der Waals surface area contributed by atoms with Crippen LogP contribution < -0.4 is 5.32 Å². The molecule has 0 spiro atoms. The molecule has 2 aliphatic carbocycles. The van der Waals surface area contributed by atoms with Crippen molar-refractivity contribution < 1.29 is 4.79 Å². The number of aromatic nitrogens is 1. The first-order valence-corrected chi connectivity index (χ1v) is 6.44. The van der Waals surface area contributed by atoms with Crippen molar-refractivity contribution in [1.29, 1.82) is 0 Å². The number of hydrogen-bond acceptors (Lipinski definition) is 3. The molecule has 1 amide bonds. The van der Waals surface area contributed by atoms with Crippen molar-refractivity contribution >= 4 is 22.4 Å². The number of carbonyl (C=O) groups is 1. The van der Waals surface area contributed by atoms with Crippen LogP contribution in [-0.4, -0.2) is 10.9 Å². The van der Waals surface area contributed by atoms with Gasteiger partial charge < -0.3 is 5.32 Å². The van der Waals surface area contributed by atoms with Crippen molar-refractivity contribution in [3.8, 4) is 0 Å². The molecule has 1 N–H and O–H groups in total. The number of thiazole rings is 1. The second-order valence-electron chi connectivity index (χ2n) is 4.36. The first-order chi connectivity index (χ1) is 7.33. The molecule has 1 saturated carbocycles. The van der Waals surface area contributed by atoms with E-state index >= 15 is 0 Å². The quantitative estimate of drug-likeness (QED) is 0.834. The molecule has 3 nitrogen and oxygen atoms in total. The van der Waals surface area contributed by atoms with Gasteiger partial charge in [0.05, 0.1) is 5.69 Å². The zero-order chi connectivity index (χ0) is 10.3. The molecule has 15 heavy (non-hydrogen) atoms. The Morgan fingerprint density at radius 2 is 2.20 bits per heavy atom. The summed E-state index contributed by atoms with van der Waals surface area (Å²) in [5, 5.41) is 3.76. The van der Waals surface area contributed by atoms with Gasteiger partial charge in [-0.15, -0.1) is 11.3 Å². The number of rotatable bonds is 2. The largest absolute Gasteiger partial charge is 0.302 e. The molecule has 1 aromatic heterocycles. The van der Waals surface area contributed by atoms with E-state index < -0.39 is 0 Å². The monoisotopic (exact) mass is 222 g/mol. The lowest BCUT2D eigenvalue weighted by Gasteiger charge is -2.23. The van der Waals surface area contributed by atoms with Gasteiger partial charge >= 0.3 is 0 Å². The fourth-order valence-corrected chi connectivity index (χ4v) is 3.17. The number of aryl methyl sites for hydroxylation is 2. The van der Waals surface area contributed by atoms with Crippen molar-refractivity contribution in [2.24, 2.45) is 5.92 Å². The van der Waals surface area contributed by atoms with Crippen molar-refractivity contribution in [3.63, 3.8) is 0 Å². The maximum atomic E-state index is 11.7. The van der Waals surface area contributed by atoms with E-state index in [0.29, 0.717) is 0 Å². The fourth-order valence-electron chi connectivity index (χ4n) is 2.12. The summed E-state index contributed by atoms with van der Waals surface area (Å²) in [6, 6.07) is 0. The van der Waals surface area contributed by atoms with E-state index in [4.69, 9.17) is 0 Å². The highest BCUT2D eigenvalue weighted by atomic mass is 32.1. The summed E-state index contributed by atoms with van der Waals surface area (Å²) < 4.78 is 0. The van der Waals surface area contributed by atoms with E-state index in [1.807, 2.05) is 0 Å². The Hall–Kier alpha value is -0.900. The van der Waals surface area contributed by atoms with Gasteiger partial charge in [-0.2, -0.15) is 0 Å². The maximum absolute atomic E-state index is 11.7. The van der Waals surface area contributed by atoms with Gasteiger partial charge in [0.2, 0.25) is 5.91 Å². The maximum Gasteiger partial charge on any atom is 0.229 e. The van der Waals surface area contributed by atoms with Crippen molar-refractivity contribution in [2.45, 2.75) is 38.5 Å². The third-order valence-electron chi connectivity index (χ3n) is 3.30. The summed E-state index contributed by atoms with van der Waals surface area (Å²) in [6.45, 7) is 0. The van der Waals surface area contributed by atoms with E-state index in [0.717, 1.165) is 30.8 Å². The van der Waals surface area contributed by atoms with E-state index in [9.17, 15) is 4.79 Å². The number of hydrogen-bond donors (Lipinski definition) is 1. The van der Waals surface area contributed by atoms with Gasteiger partial charge in [0.15, 0.2) is 5.13 Å². The minimum Gasteiger partial charge on any atom is -0.302 e. The van der Waals surface area contributed by atoms with Crippen LogP contribution >= 0.6 is 11.3 Å². The second-order valence-corrected chi connectivity index (χ2v) is 5.44. The van der Waals surface area contributed by atoms with Crippen molar-refractivity contribution in [3.05, 3.63) is 10.6 Å².